The first kappa shape index (κ1) is 18.0. The third-order valence-electron chi connectivity index (χ3n) is 4.25. The summed E-state index contributed by atoms with van der Waals surface area (Å²) in [7, 11) is 0. The average Bonchev–Trinajstić information content (AvgIpc) is 2.58. The molecule has 1 aliphatic rings. The number of guanidine groups is 1. The molecule has 1 aliphatic heterocycles. The van der Waals surface area contributed by atoms with E-state index in [2.05, 4.69) is 40.8 Å². The van der Waals surface area contributed by atoms with Crippen molar-refractivity contribution >= 4 is 17.6 Å². The highest BCUT2D eigenvalue weighted by Crippen LogP contribution is 2.24. The molecule has 1 aromatic carbocycles. The van der Waals surface area contributed by atoms with E-state index in [1.54, 1.807) is 0 Å². The van der Waals surface area contributed by atoms with E-state index >= 15 is 0 Å². The lowest BCUT2D eigenvalue weighted by molar-refractivity contribution is 0.0179. The van der Waals surface area contributed by atoms with Crippen molar-refractivity contribution in [2.75, 3.05) is 45.9 Å². The van der Waals surface area contributed by atoms with Gasteiger partial charge in [0.15, 0.2) is 5.96 Å². The Kier molecular flexibility index (Phi) is 7.15. The number of nitrogens with zero attached hydrogens (tertiary/aromatic N) is 3. The van der Waals surface area contributed by atoms with Gasteiger partial charge < -0.3 is 15.4 Å². The number of hydrogen-bond donors (Lipinski definition) is 1. The van der Waals surface area contributed by atoms with E-state index < -0.39 is 0 Å². The van der Waals surface area contributed by atoms with E-state index in [1.165, 1.54) is 5.56 Å². The minimum absolute atomic E-state index is 0.199. The summed E-state index contributed by atoms with van der Waals surface area (Å²) in [5, 5.41) is 0.751. The molecule has 6 heteroatoms. The van der Waals surface area contributed by atoms with Gasteiger partial charge in [0.2, 0.25) is 0 Å². The number of aliphatic imine (C=N–C) groups is 1. The molecule has 128 valence electrons. The zero-order chi connectivity index (χ0) is 16.7. The van der Waals surface area contributed by atoms with Crippen molar-refractivity contribution in [2.24, 2.45) is 10.7 Å². The van der Waals surface area contributed by atoms with E-state index in [-0.39, 0.29) is 6.04 Å². The Labute approximate surface area is 144 Å². The van der Waals surface area contributed by atoms with Crippen molar-refractivity contribution in [3.8, 4) is 0 Å². The Morgan fingerprint density at radius 3 is 2.43 bits per heavy atom. The Morgan fingerprint density at radius 1 is 1.26 bits per heavy atom. The molecule has 1 heterocycles. The van der Waals surface area contributed by atoms with E-state index in [1.807, 2.05) is 12.1 Å². The first-order chi connectivity index (χ1) is 11.2. The lowest BCUT2D eigenvalue weighted by Gasteiger charge is -2.34. The molecule has 1 atom stereocenters. The van der Waals surface area contributed by atoms with E-state index in [0.29, 0.717) is 12.5 Å². The van der Waals surface area contributed by atoms with Crippen LogP contribution in [0.5, 0.6) is 0 Å². The van der Waals surface area contributed by atoms with Gasteiger partial charge in [0.25, 0.3) is 0 Å². The molecule has 23 heavy (non-hydrogen) atoms. The first-order valence-electron chi connectivity index (χ1n) is 8.27. The summed E-state index contributed by atoms with van der Waals surface area (Å²) in [4.78, 5) is 9.12. The minimum Gasteiger partial charge on any atom is -0.379 e. The highest BCUT2D eigenvalue weighted by atomic mass is 35.5. The molecule has 0 spiro atoms. The topological polar surface area (TPSA) is 54.1 Å². The normalized spacial score (nSPS) is 18.0. The van der Waals surface area contributed by atoms with Gasteiger partial charge in [0.05, 0.1) is 25.8 Å². The van der Waals surface area contributed by atoms with Crippen molar-refractivity contribution in [3.05, 3.63) is 34.9 Å². The van der Waals surface area contributed by atoms with Crippen LogP contribution in [0, 0.1) is 0 Å². The van der Waals surface area contributed by atoms with Crippen LogP contribution in [0.3, 0.4) is 0 Å². The van der Waals surface area contributed by atoms with E-state index in [9.17, 15) is 0 Å². The predicted octanol–water partition coefficient (Wildman–Crippen LogP) is 2.37. The van der Waals surface area contributed by atoms with Crippen LogP contribution in [0.4, 0.5) is 0 Å². The lowest BCUT2D eigenvalue weighted by Crippen LogP contribution is -2.41. The second-order valence-corrected chi connectivity index (χ2v) is 6.02. The molecule has 5 nitrogen and oxygen atoms in total. The third-order valence-corrected chi connectivity index (χ3v) is 4.51. The summed E-state index contributed by atoms with van der Waals surface area (Å²) in [6.07, 6.45) is 0. The highest BCUT2D eigenvalue weighted by molar-refractivity contribution is 6.30. The van der Waals surface area contributed by atoms with Gasteiger partial charge in [-0.05, 0) is 31.5 Å². The fraction of sp³-hybridized carbons (Fsp3) is 0.588. The SMILES string of the molecule is CCN(CC)C(N)=NCC(c1ccc(Cl)cc1)N1CCOCC1. The van der Waals surface area contributed by atoms with Gasteiger partial charge in [0, 0.05) is 31.2 Å². The Morgan fingerprint density at radius 2 is 1.87 bits per heavy atom. The zero-order valence-electron chi connectivity index (χ0n) is 14.0. The van der Waals surface area contributed by atoms with Crippen LogP contribution in [0.2, 0.25) is 5.02 Å². The number of benzene rings is 1. The minimum atomic E-state index is 0.199. The fourth-order valence-corrected chi connectivity index (χ4v) is 2.96. The molecular formula is C17H27ClN4O. The van der Waals surface area contributed by atoms with Crippen LogP contribution in [-0.4, -0.2) is 61.7 Å². The average molecular weight is 339 g/mol. The number of nitrogens with two attached hydrogens (primary N) is 1. The van der Waals surface area contributed by atoms with Gasteiger partial charge >= 0.3 is 0 Å². The first-order valence-corrected chi connectivity index (χ1v) is 8.65. The molecule has 0 saturated carbocycles. The molecule has 0 amide bonds. The summed E-state index contributed by atoms with van der Waals surface area (Å²) >= 11 is 6.02. The number of halogens is 1. The van der Waals surface area contributed by atoms with Crippen LogP contribution in [-0.2, 0) is 4.74 Å². The van der Waals surface area contributed by atoms with Gasteiger partial charge in [-0.3, -0.25) is 9.89 Å². The number of rotatable bonds is 6. The molecule has 0 radical (unpaired) electrons. The molecule has 1 fully saturated rings. The smallest absolute Gasteiger partial charge is 0.191 e. The quantitative estimate of drug-likeness (QED) is 0.639. The molecule has 0 aliphatic carbocycles. The molecule has 0 aromatic heterocycles. The van der Waals surface area contributed by atoms with Crippen LogP contribution in [0.15, 0.2) is 29.3 Å². The molecule has 0 bridgehead atoms. The number of hydrogen-bond acceptors (Lipinski definition) is 3. The zero-order valence-corrected chi connectivity index (χ0v) is 14.8. The fourth-order valence-electron chi connectivity index (χ4n) is 2.83. The van der Waals surface area contributed by atoms with Crippen LogP contribution >= 0.6 is 11.6 Å². The van der Waals surface area contributed by atoms with Crippen LogP contribution in [0.25, 0.3) is 0 Å². The summed E-state index contributed by atoms with van der Waals surface area (Å²) in [5.41, 5.74) is 7.35. The van der Waals surface area contributed by atoms with Crippen molar-refractivity contribution < 1.29 is 4.74 Å². The molecule has 2 N–H and O–H groups in total. The standard InChI is InChI=1S/C17H27ClN4O/c1-3-21(4-2)17(19)20-13-16(22-9-11-23-12-10-22)14-5-7-15(18)8-6-14/h5-8,16H,3-4,9-13H2,1-2H3,(H2,19,20). The second kappa shape index (κ2) is 9.11. The molecule has 1 unspecified atom stereocenters. The summed E-state index contributed by atoms with van der Waals surface area (Å²) in [6.45, 7) is 9.91. The molecule has 1 aromatic rings. The predicted molar refractivity (Wildman–Crippen MR) is 96.0 cm³/mol. The van der Waals surface area contributed by atoms with Gasteiger partial charge in [-0.1, -0.05) is 23.7 Å². The van der Waals surface area contributed by atoms with Crippen molar-refractivity contribution in [3.63, 3.8) is 0 Å². The summed E-state index contributed by atoms with van der Waals surface area (Å²) in [6, 6.07) is 8.21. The Balaban J connectivity index is 2.16. The maximum atomic E-state index is 6.13. The van der Waals surface area contributed by atoms with Gasteiger partial charge in [-0.25, -0.2) is 0 Å². The molecule has 1 saturated heterocycles. The van der Waals surface area contributed by atoms with E-state index in [0.717, 1.165) is 44.4 Å². The van der Waals surface area contributed by atoms with Crippen LogP contribution < -0.4 is 5.73 Å². The maximum Gasteiger partial charge on any atom is 0.191 e. The van der Waals surface area contributed by atoms with E-state index in [4.69, 9.17) is 22.1 Å². The van der Waals surface area contributed by atoms with Crippen LogP contribution in [0.1, 0.15) is 25.5 Å². The lowest BCUT2D eigenvalue weighted by atomic mass is 10.0. The van der Waals surface area contributed by atoms with Crippen molar-refractivity contribution in [2.45, 2.75) is 19.9 Å². The van der Waals surface area contributed by atoms with Crippen molar-refractivity contribution in [1.82, 2.24) is 9.80 Å². The highest BCUT2D eigenvalue weighted by Gasteiger charge is 2.22. The van der Waals surface area contributed by atoms with Gasteiger partial charge in [-0.15, -0.1) is 0 Å². The van der Waals surface area contributed by atoms with Gasteiger partial charge in [0.1, 0.15) is 0 Å². The Hall–Kier alpha value is -1.30. The third kappa shape index (κ3) is 5.09. The monoisotopic (exact) mass is 338 g/mol. The van der Waals surface area contributed by atoms with Gasteiger partial charge in [-0.2, -0.15) is 0 Å². The Bertz CT molecular complexity index is 496. The largest absolute Gasteiger partial charge is 0.379 e. The number of morpholine rings is 1. The number of ether oxygens (including phenoxy) is 1. The summed E-state index contributed by atoms with van der Waals surface area (Å²) < 4.78 is 5.47. The molecular weight excluding hydrogens is 312 g/mol. The second-order valence-electron chi connectivity index (χ2n) is 5.59. The molecule has 2 rings (SSSR count). The van der Waals surface area contributed by atoms with Crippen molar-refractivity contribution in [1.29, 1.82) is 0 Å². The summed E-state index contributed by atoms with van der Waals surface area (Å²) in [5.74, 6) is 0.613. The maximum absolute atomic E-state index is 6.13.